The Hall–Kier alpha value is -3.61. The summed E-state index contributed by atoms with van der Waals surface area (Å²) in [6.45, 7) is 8.41. The van der Waals surface area contributed by atoms with Gasteiger partial charge in [-0.2, -0.15) is 5.10 Å². The molecule has 44 heavy (non-hydrogen) atoms. The first-order valence-electron chi connectivity index (χ1n) is 16.8. The first kappa shape index (κ1) is 30.4. The Labute approximate surface area is 262 Å². The van der Waals surface area contributed by atoms with Crippen LogP contribution in [0.2, 0.25) is 0 Å². The minimum absolute atomic E-state index is 0.154. The summed E-state index contributed by atoms with van der Waals surface area (Å²) >= 11 is 0. The zero-order chi connectivity index (χ0) is 30.8. The molecule has 0 radical (unpaired) electrons. The molecular weight excluding hydrogens is 546 g/mol. The van der Waals surface area contributed by atoms with E-state index in [4.69, 9.17) is 5.10 Å². The van der Waals surface area contributed by atoms with Crippen molar-refractivity contribution in [3.8, 4) is 5.69 Å². The summed E-state index contributed by atoms with van der Waals surface area (Å²) in [4.78, 5) is 28.9. The van der Waals surface area contributed by atoms with Crippen LogP contribution < -0.4 is 10.6 Å². The molecule has 2 bridgehead atoms. The normalized spacial score (nSPS) is 22.5. The van der Waals surface area contributed by atoms with Gasteiger partial charge in [0.2, 0.25) is 5.91 Å². The molecule has 2 N–H and O–H groups in total. The zero-order valence-corrected chi connectivity index (χ0v) is 26.9. The summed E-state index contributed by atoms with van der Waals surface area (Å²) in [5, 5.41) is 10.8. The smallest absolute Gasteiger partial charge is 0.324 e. The number of urea groups is 1. The molecule has 3 aliphatic rings. The molecular formula is C37H49N5O2. The van der Waals surface area contributed by atoms with Gasteiger partial charge < -0.3 is 10.2 Å². The lowest BCUT2D eigenvalue weighted by Crippen LogP contribution is -2.49. The van der Waals surface area contributed by atoms with Crippen molar-refractivity contribution >= 4 is 23.4 Å². The second kappa shape index (κ2) is 12.8. The number of anilines is 2. The van der Waals surface area contributed by atoms with Gasteiger partial charge in [0.25, 0.3) is 0 Å². The van der Waals surface area contributed by atoms with E-state index in [9.17, 15) is 9.59 Å². The van der Waals surface area contributed by atoms with E-state index >= 15 is 0 Å². The van der Waals surface area contributed by atoms with Crippen LogP contribution in [0, 0.1) is 18.8 Å². The topological polar surface area (TPSA) is 79.3 Å². The van der Waals surface area contributed by atoms with Gasteiger partial charge in [0.05, 0.1) is 11.4 Å². The minimum atomic E-state index is -0.297. The minimum Gasteiger partial charge on any atom is -0.336 e. The van der Waals surface area contributed by atoms with Crippen LogP contribution in [0.15, 0.2) is 54.6 Å². The van der Waals surface area contributed by atoms with E-state index in [2.05, 4.69) is 55.4 Å². The van der Waals surface area contributed by atoms with Gasteiger partial charge in [0.1, 0.15) is 5.82 Å². The van der Waals surface area contributed by atoms with Crippen molar-refractivity contribution in [3.63, 3.8) is 0 Å². The molecule has 2 saturated heterocycles. The number of nitrogens with zero attached hydrogens (tertiary/aromatic N) is 3. The number of piperidine rings is 1. The number of rotatable bonds is 6. The summed E-state index contributed by atoms with van der Waals surface area (Å²) < 4.78 is 1.80. The summed E-state index contributed by atoms with van der Waals surface area (Å²) in [5.41, 5.74) is 4.87. The molecule has 3 amide bonds. The standard InChI is InChI=1S/C37H49N5O2/c1-25-11-17-30(18-12-25)42-34(24-33(40-42)37(2,3)4)39-36(44)38-29-15-13-26(14-16-29)21-27-22-31-19-20-32(23-27)41(31)35(43)28-9-7-5-6-8-10-28/h11-18,24,27-28,31-32H,5-10,19-23H2,1-4H3,(H2,38,39,44). The van der Waals surface area contributed by atoms with Gasteiger partial charge in [-0.1, -0.05) is 76.3 Å². The summed E-state index contributed by atoms with van der Waals surface area (Å²) in [6, 6.07) is 18.9. The molecule has 3 heterocycles. The van der Waals surface area contributed by atoms with Crippen LogP contribution in [-0.4, -0.2) is 38.7 Å². The van der Waals surface area contributed by atoms with Gasteiger partial charge in [-0.05, 0) is 87.6 Å². The summed E-state index contributed by atoms with van der Waals surface area (Å²) in [7, 11) is 0. The molecule has 2 aliphatic heterocycles. The van der Waals surface area contributed by atoms with Crippen molar-refractivity contribution in [1.29, 1.82) is 0 Å². The van der Waals surface area contributed by atoms with Gasteiger partial charge in [-0.25, -0.2) is 9.48 Å². The van der Waals surface area contributed by atoms with Gasteiger partial charge in [-0.3, -0.25) is 10.1 Å². The highest BCUT2D eigenvalue weighted by Gasteiger charge is 2.44. The fraction of sp³-hybridized carbons (Fsp3) is 0.541. The number of aromatic nitrogens is 2. The summed E-state index contributed by atoms with van der Waals surface area (Å²) in [6.07, 6.45) is 12.8. The van der Waals surface area contributed by atoms with Crippen molar-refractivity contribution in [2.75, 3.05) is 10.6 Å². The number of carbonyl (C=O) groups is 2. The molecule has 2 atom stereocenters. The summed E-state index contributed by atoms with van der Waals surface area (Å²) in [5.74, 6) is 1.96. The lowest BCUT2D eigenvalue weighted by molar-refractivity contribution is -0.141. The Morgan fingerprint density at radius 1 is 0.841 bits per heavy atom. The van der Waals surface area contributed by atoms with E-state index in [-0.39, 0.29) is 17.4 Å². The lowest BCUT2D eigenvalue weighted by Gasteiger charge is -2.41. The number of hydrogen-bond acceptors (Lipinski definition) is 3. The highest BCUT2D eigenvalue weighted by atomic mass is 16.2. The third kappa shape index (κ3) is 6.87. The van der Waals surface area contributed by atoms with E-state index < -0.39 is 0 Å². The Kier molecular flexibility index (Phi) is 8.84. The van der Waals surface area contributed by atoms with Gasteiger partial charge >= 0.3 is 6.03 Å². The van der Waals surface area contributed by atoms with Crippen LogP contribution in [-0.2, 0) is 16.6 Å². The van der Waals surface area contributed by atoms with Crippen LogP contribution in [0.4, 0.5) is 16.3 Å². The maximum Gasteiger partial charge on any atom is 0.324 e. The molecule has 6 rings (SSSR count). The van der Waals surface area contributed by atoms with Crippen molar-refractivity contribution in [1.82, 2.24) is 14.7 Å². The van der Waals surface area contributed by atoms with E-state index in [0.29, 0.717) is 29.7 Å². The SMILES string of the molecule is Cc1ccc(-n2nc(C(C)(C)C)cc2NC(=O)Nc2ccc(CC3CC4CCC(C3)N4C(=O)C3CCCCCC3)cc2)cc1. The lowest BCUT2D eigenvalue weighted by atomic mass is 9.84. The van der Waals surface area contributed by atoms with E-state index in [0.717, 1.165) is 62.0 Å². The quantitative estimate of drug-likeness (QED) is 0.281. The molecule has 2 aromatic carbocycles. The first-order valence-corrected chi connectivity index (χ1v) is 16.8. The largest absolute Gasteiger partial charge is 0.336 e. The van der Waals surface area contributed by atoms with Gasteiger partial charge in [0, 0.05) is 35.2 Å². The maximum absolute atomic E-state index is 13.5. The van der Waals surface area contributed by atoms with Crippen LogP contribution in [0.3, 0.4) is 0 Å². The number of fused-ring (bicyclic) bond motifs is 2. The fourth-order valence-corrected chi connectivity index (χ4v) is 7.61. The number of hydrogen-bond donors (Lipinski definition) is 2. The number of aryl methyl sites for hydroxylation is 1. The van der Waals surface area contributed by atoms with Crippen LogP contribution in [0.25, 0.3) is 5.69 Å². The van der Waals surface area contributed by atoms with E-state index in [1.807, 2.05) is 42.5 Å². The monoisotopic (exact) mass is 595 g/mol. The average molecular weight is 596 g/mol. The van der Waals surface area contributed by atoms with Gasteiger partial charge in [0.15, 0.2) is 0 Å². The van der Waals surface area contributed by atoms with Crippen molar-refractivity contribution in [2.24, 2.45) is 11.8 Å². The Balaban J connectivity index is 1.05. The van der Waals surface area contributed by atoms with Crippen molar-refractivity contribution in [2.45, 2.75) is 116 Å². The molecule has 7 nitrogen and oxygen atoms in total. The molecule has 7 heteroatoms. The van der Waals surface area contributed by atoms with E-state index in [1.165, 1.54) is 36.8 Å². The average Bonchev–Trinajstić information content (AvgIpc) is 3.38. The second-order valence-corrected chi connectivity index (χ2v) is 14.5. The molecule has 234 valence electrons. The Bertz CT molecular complexity index is 1430. The first-order chi connectivity index (χ1) is 21.1. The predicted molar refractivity (Wildman–Crippen MR) is 177 cm³/mol. The third-order valence-corrected chi connectivity index (χ3v) is 10.0. The second-order valence-electron chi connectivity index (χ2n) is 14.5. The Morgan fingerprint density at radius 3 is 2.09 bits per heavy atom. The fourth-order valence-electron chi connectivity index (χ4n) is 7.61. The number of carbonyl (C=O) groups excluding carboxylic acids is 2. The van der Waals surface area contributed by atoms with E-state index in [1.54, 1.807) is 4.68 Å². The third-order valence-electron chi connectivity index (χ3n) is 10.0. The molecule has 0 spiro atoms. The van der Waals surface area contributed by atoms with Crippen molar-refractivity contribution < 1.29 is 9.59 Å². The molecule has 1 aromatic heterocycles. The number of benzene rings is 2. The maximum atomic E-state index is 13.5. The molecule has 2 unspecified atom stereocenters. The number of nitrogens with one attached hydrogen (secondary N) is 2. The highest BCUT2D eigenvalue weighted by Crippen LogP contribution is 2.42. The zero-order valence-electron chi connectivity index (χ0n) is 26.9. The highest BCUT2D eigenvalue weighted by molar-refractivity contribution is 5.99. The molecule has 3 fully saturated rings. The van der Waals surface area contributed by atoms with Gasteiger partial charge in [-0.15, -0.1) is 0 Å². The van der Waals surface area contributed by atoms with Crippen LogP contribution in [0.5, 0.6) is 0 Å². The molecule has 3 aromatic rings. The number of amides is 3. The Morgan fingerprint density at radius 2 is 1.48 bits per heavy atom. The van der Waals surface area contributed by atoms with Crippen LogP contribution >= 0.6 is 0 Å². The van der Waals surface area contributed by atoms with Crippen LogP contribution in [0.1, 0.15) is 102 Å². The molecule has 1 saturated carbocycles. The van der Waals surface area contributed by atoms with Crippen molar-refractivity contribution in [3.05, 3.63) is 71.4 Å². The predicted octanol–water partition coefficient (Wildman–Crippen LogP) is 8.40. The molecule has 1 aliphatic carbocycles.